The molecule has 0 aliphatic carbocycles. The number of rotatable bonds is 2. The van der Waals surface area contributed by atoms with Crippen LogP contribution in [0.5, 0.6) is 0 Å². The molecule has 1 atom stereocenters. The van der Waals surface area contributed by atoms with Crippen LogP contribution in [0.25, 0.3) is 0 Å². The normalized spacial score (nSPS) is 20.7. The first-order valence-corrected chi connectivity index (χ1v) is 6.17. The zero-order valence-corrected chi connectivity index (χ0v) is 11.0. The summed E-state index contributed by atoms with van der Waals surface area (Å²) in [6.45, 7) is 1.13. The van der Waals surface area contributed by atoms with E-state index in [4.69, 9.17) is 16.3 Å². The molecule has 1 saturated heterocycles. The fraction of sp³-hybridized carbons (Fsp3) is 0.636. The Labute approximate surface area is 113 Å². The second-order valence-electron chi connectivity index (χ2n) is 4.32. The van der Waals surface area contributed by atoms with Gasteiger partial charge in [0, 0.05) is 26.3 Å². The van der Waals surface area contributed by atoms with Crippen molar-refractivity contribution in [1.82, 2.24) is 9.97 Å². The van der Waals surface area contributed by atoms with Gasteiger partial charge in [-0.3, -0.25) is 0 Å². The summed E-state index contributed by atoms with van der Waals surface area (Å²) in [4.78, 5) is 8.49. The predicted octanol–water partition coefficient (Wildman–Crippen LogP) is 2.76. The molecule has 1 unspecified atom stereocenters. The molecule has 1 aliphatic rings. The number of alkyl halides is 3. The molecular weight excluding hydrogens is 283 g/mol. The van der Waals surface area contributed by atoms with Crippen molar-refractivity contribution in [3.05, 3.63) is 17.0 Å². The SMILES string of the molecule is COC1CCCN(c2cc(Cl)nc(C(F)(F)F)n2)C1. The molecule has 19 heavy (non-hydrogen) atoms. The van der Waals surface area contributed by atoms with E-state index in [0.717, 1.165) is 12.8 Å². The lowest BCUT2D eigenvalue weighted by atomic mass is 10.1. The fourth-order valence-electron chi connectivity index (χ4n) is 2.03. The van der Waals surface area contributed by atoms with Gasteiger partial charge in [-0.25, -0.2) is 9.97 Å². The lowest BCUT2D eigenvalue weighted by Crippen LogP contribution is -2.40. The fourth-order valence-corrected chi connectivity index (χ4v) is 2.21. The van der Waals surface area contributed by atoms with Crippen molar-refractivity contribution >= 4 is 17.4 Å². The number of nitrogens with zero attached hydrogens (tertiary/aromatic N) is 3. The third kappa shape index (κ3) is 3.48. The Morgan fingerprint density at radius 1 is 1.42 bits per heavy atom. The van der Waals surface area contributed by atoms with Gasteiger partial charge in [0.05, 0.1) is 6.10 Å². The maximum absolute atomic E-state index is 12.6. The van der Waals surface area contributed by atoms with Gasteiger partial charge in [0.2, 0.25) is 5.82 Å². The smallest absolute Gasteiger partial charge is 0.380 e. The van der Waals surface area contributed by atoms with Gasteiger partial charge in [-0.05, 0) is 12.8 Å². The second-order valence-corrected chi connectivity index (χ2v) is 4.70. The number of anilines is 1. The van der Waals surface area contributed by atoms with Crippen LogP contribution in [0.1, 0.15) is 18.7 Å². The monoisotopic (exact) mass is 295 g/mol. The molecule has 1 aromatic rings. The molecule has 2 heterocycles. The van der Waals surface area contributed by atoms with Crippen LogP contribution in [0.2, 0.25) is 5.15 Å². The minimum absolute atomic E-state index is 0.00294. The Kier molecular flexibility index (Phi) is 4.15. The molecular formula is C11H13ClF3N3O. The van der Waals surface area contributed by atoms with E-state index in [9.17, 15) is 13.2 Å². The summed E-state index contributed by atoms with van der Waals surface area (Å²) in [5.41, 5.74) is 0. The van der Waals surface area contributed by atoms with Gasteiger partial charge in [0.15, 0.2) is 0 Å². The number of aromatic nitrogens is 2. The highest BCUT2D eigenvalue weighted by Gasteiger charge is 2.36. The Morgan fingerprint density at radius 2 is 2.16 bits per heavy atom. The van der Waals surface area contributed by atoms with Crippen LogP contribution in [0.3, 0.4) is 0 Å². The van der Waals surface area contributed by atoms with Crippen molar-refractivity contribution in [1.29, 1.82) is 0 Å². The van der Waals surface area contributed by atoms with Gasteiger partial charge in [0.1, 0.15) is 11.0 Å². The third-order valence-electron chi connectivity index (χ3n) is 2.97. The summed E-state index contributed by atoms with van der Waals surface area (Å²) >= 11 is 5.64. The topological polar surface area (TPSA) is 38.2 Å². The van der Waals surface area contributed by atoms with E-state index >= 15 is 0 Å². The van der Waals surface area contributed by atoms with Crippen LogP contribution in [0.15, 0.2) is 6.07 Å². The summed E-state index contributed by atoms with van der Waals surface area (Å²) in [7, 11) is 1.59. The van der Waals surface area contributed by atoms with E-state index in [1.165, 1.54) is 6.07 Å². The van der Waals surface area contributed by atoms with E-state index in [1.54, 1.807) is 12.0 Å². The maximum atomic E-state index is 12.6. The molecule has 8 heteroatoms. The van der Waals surface area contributed by atoms with Crippen molar-refractivity contribution in [3.8, 4) is 0 Å². The first kappa shape index (κ1) is 14.3. The number of methoxy groups -OCH3 is 1. The zero-order valence-electron chi connectivity index (χ0n) is 10.2. The molecule has 0 radical (unpaired) electrons. The molecule has 0 saturated carbocycles. The van der Waals surface area contributed by atoms with Crippen LogP contribution in [0, 0.1) is 0 Å². The molecule has 1 fully saturated rings. The van der Waals surface area contributed by atoms with Gasteiger partial charge in [-0.15, -0.1) is 0 Å². The van der Waals surface area contributed by atoms with Gasteiger partial charge < -0.3 is 9.64 Å². The second kappa shape index (κ2) is 5.50. The molecule has 106 valence electrons. The molecule has 0 aromatic carbocycles. The molecule has 0 amide bonds. The number of halogens is 4. The van der Waals surface area contributed by atoms with Crippen molar-refractivity contribution in [3.63, 3.8) is 0 Å². The Morgan fingerprint density at radius 3 is 2.79 bits per heavy atom. The average Bonchev–Trinajstić information content (AvgIpc) is 2.37. The van der Waals surface area contributed by atoms with Gasteiger partial charge in [-0.2, -0.15) is 13.2 Å². The molecule has 1 aliphatic heterocycles. The van der Waals surface area contributed by atoms with Crippen LogP contribution in [0.4, 0.5) is 19.0 Å². The highest BCUT2D eigenvalue weighted by Crippen LogP contribution is 2.30. The highest BCUT2D eigenvalue weighted by molar-refractivity contribution is 6.29. The third-order valence-corrected chi connectivity index (χ3v) is 3.16. The van der Waals surface area contributed by atoms with Crippen LogP contribution in [-0.2, 0) is 10.9 Å². The van der Waals surface area contributed by atoms with Crippen LogP contribution < -0.4 is 4.90 Å². The predicted molar refractivity (Wildman–Crippen MR) is 64.3 cm³/mol. The number of ether oxygens (including phenoxy) is 1. The summed E-state index contributed by atoms with van der Waals surface area (Å²) < 4.78 is 43.1. The number of hydrogen-bond donors (Lipinski definition) is 0. The van der Waals surface area contributed by atoms with Crippen molar-refractivity contribution in [2.75, 3.05) is 25.1 Å². The summed E-state index contributed by atoms with van der Waals surface area (Å²) in [6, 6.07) is 1.34. The van der Waals surface area contributed by atoms with Crippen LogP contribution in [-0.4, -0.2) is 36.3 Å². The molecule has 2 rings (SSSR count). The van der Waals surface area contributed by atoms with Gasteiger partial charge in [-0.1, -0.05) is 11.6 Å². The summed E-state index contributed by atoms with van der Waals surface area (Å²) in [5.74, 6) is -1.02. The van der Waals surface area contributed by atoms with Gasteiger partial charge in [0.25, 0.3) is 0 Å². The van der Waals surface area contributed by atoms with E-state index < -0.39 is 12.0 Å². The summed E-state index contributed by atoms with van der Waals surface area (Å²) in [6.07, 6.45) is -2.88. The van der Waals surface area contributed by atoms with Crippen LogP contribution >= 0.6 is 11.6 Å². The quantitative estimate of drug-likeness (QED) is 0.787. The van der Waals surface area contributed by atoms with Gasteiger partial charge >= 0.3 is 6.18 Å². The minimum Gasteiger partial charge on any atom is -0.380 e. The first-order valence-electron chi connectivity index (χ1n) is 5.79. The van der Waals surface area contributed by atoms with E-state index in [1.807, 2.05) is 0 Å². The van der Waals surface area contributed by atoms with E-state index in [2.05, 4.69) is 9.97 Å². The van der Waals surface area contributed by atoms with E-state index in [0.29, 0.717) is 13.1 Å². The van der Waals surface area contributed by atoms with Crippen molar-refractivity contribution < 1.29 is 17.9 Å². The van der Waals surface area contributed by atoms with E-state index in [-0.39, 0.29) is 17.1 Å². The van der Waals surface area contributed by atoms with Crippen molar-refractivity contribution in [2.45, 2.75) is 25.1 Å². The lowest BCUT2D eigenvalue weighted by Gasteiger charge is -2.32. The Hall–Kier alpha value is -1.08. The first-order chi connectivity index (χ1) is 8.90. The molecule has 1 aromatic heterocycles. The number of piperidine rings is 1. The summed E-state index contributed by atoms with van der Waals surface area (Å²) in [5, 5.41) is -0.211. The maximum Gasteiger partial charge on any atom is 0.451 e. The standard InChI is InChI=1S/C11H13ClF3N3O/c1-19-7-3-2-4-18(6-7)9-5-8(12)16-10(17-9)11(13,14)15/h5,7H,2-4,6H2,1H3. The molecule has 0 N–H and O–H groups in total. The average molecular weight is 296 g/mol. The number of hydrogen-bond acceptors (Lipinski definition) is 4. The zero-order chi connectivity index (χ0) is 14.0. The molecule has 0 spiro atoms. The minimum atomic E-state index is -4.60. The molecule has 0 bridgehead atoms. The highest BCUT2D eigenvalue weighted by atomic mass is 35.5. The van der Waals surface area contributed by atoms with Crippen molar-refractivity contribution in [2.24, 2.45) is 0 Å². The largest absolute Gasteiger partial charge is 0.451 e. The Bertz CT molecular complexity index is 455. The lowest BCUT2D eigenvalue weighted by molar-refractivity contribution is -0.144. The Balaban J connectivity index is 2.26. The molecule has 4 nitrogen and oxygen atoms in total.